The van der Waals surface area contributed by atoms with E-state index in [-0.39, 0.29) is 12.5 Å². The van der Waals surface area contributed by atoms with Crippen molar-refractivity contribution in [2.75, 3.05) is 26.2 Å². The molecule has 2 aromatic rings. The van der Waals surface area contributed by atoms with Crippen LogP contribution in [0, 0.1) is 17.8 Å². The molecule has 1 aliphatic rings. The minimum absolute atomic E-state index is 0.131. The fourth-order valence-electron chi connectivity index (χ4n) is 4.32. The zero-order valence-corrected chi connectivity index (χ0v) is 17.3. The van der Waals surface area contributed by atoms with E-state index >= 15 is 0 Å². The van der Waals surface area contributed by atoms with E-state index in [1.54, 1.807) is 0 Å². The number of hydrogen-bond donors (Lipinski definition) is 2. The van der Waals surface area contributed by atoms with Crippen LogP contribution in [0.5, 0.6) is 0 Å². The Morgan fingerprint density at radius 2 is 1.55 bits per heavy atom. The average Bonchev–Trinajstić information content (AvgIpc) is 3.32. The number of hydrogen-bond acceptors (Lipinski definition) is 3. The van der Waals surface area contributed by atoms with Crippen LogP contribution in [0.15, 0.2) is 60.7 Å². The van der Waals surface area contributed by atoms with Crippen LogP contribution in [0.4, 0.5) is 0 Å². The Balaban J connectivity index is 1.61. The second-order valence-corrected chi connectivity index (χ2v) is 8.04. The largest absolute Gasteiger partial charge is 0.395 e. The van der Waals surface area contributed by atoms with Crippen molar-refractivity contribution < 1.29 is 10.2 Å². The summed E-state index contributed by atoms with van der Waals surface area (Å²) in [5, 5.41) is 20.9. The van der Waals surface area contributed by atoms with E-state index in [1.165, 1.54) is 18.4 Å². The summed E-state index contributed by atoms with van der Waals surface area (Å²) < 4.78 is 0. The Kier molecular flexibility index (Phi) is 8.31. The molecule has 3 heteroatoms. The van der Waals surface area contributed by atoms with E-state index in [0.29, 0.717) is 19.5 Å². The molecule has 0 unspecified atom stereocenters. The van der Waals surface area contributed by atoms with Gasteiger partial charge in [-0.2, -0.15) is 0 Å². The Bertz CT molecular complexity index is 775. The Morgan fingerprint density at radius 3 is 2.21 bits per heavy atom. The zero-order valence-electron chi connectivity index (χ0n) is 17.3. The highest BCUT2D eigenvalue weighted by Crippen LogP contribution is 2.42. The minimum Gasteiger partial charge on any atom is -0.395 e. The summed E-state index contributed by atoms with van der Waals surface area (Å²) in [6.07, 6.45) is 5.93. The van der Waals surface area contributed by atoms with Crippen LogP contribution in [0.2, 0.25) is 0 Å². The van der Waals surface area contributed by atoms with Crippen molar-refractivity contribution in [3.05, 3.63) is 71.8 Å². The number of aliphatic hydroxyl groups excluding tert-OH is 1. The molecule has 1 fully saturated rings. The van der Waals surface area contributed by atoms with Crippen LogP contribution >= 0.6 is 0 Å². The van der Waals surface area contributed by atoms with E-state index in [4.69, 9.17) is 0 Å². The highest BCUT2D eigenvalue weighted by Gasteiger charge is 2.39. The minimum atomic E-state index is -0.864. The maximum Gasteiger partial charge on any atom is 0.103 e. The van der Waals surface area contributed by atoms with Crippen LogP contribution in [-0.4, -0.2) is 41.4 Å². The topological polar surface area (TPSA) is 43.7 Å². The van der Waals surface area contributed by atoms with Crippen molar-refractivity contribution in [2.24, 2.45) is 5.92 Å². The zero-order chi connectivity index (χ0) is 20.4. The summed E-state index contributed by atoms with van der Waals surface area (Å²) in [5.41, 5.74) is 1.41. The molecule has 0 bridgehead atoms. The lowest BCUT2D eigenvalue weighted by molar-refractivity contribution is -0.0173. The third-order valence-electron chi connectivity index (χ3n) is 6.07. The summed E-state index contributed by atoms with van der Waals surface area (Å²) in [5.74, 6) is 6.81. The van der Waals surface area contributed by atoms with Gasteiger partial charge in [0.15, 0.2) is 0 Å². The molecule has 1 saturated carbocycles. The Morgan fingerprint density at radius 1 is 0.897 bits per heavy atom. The lowest BCUT2D eigenvalue weighted by Crippen LogP contribution is -2.33. The first-order valence-corrected chi connectivity index (χ1v) is 10.8. The highest BCUT2D eigenvalue weighted by atomic mass is 16.3. The van der Waals surface area contributed by atoms with Crippen LogP contribution < -0.4 is 0 Å². The number of nitrogens with zero attached hydrogens (tertiary/aromatic N) is 1. The molecule has 0 aromatic heterocycles. The highest BCUT2D eigenvalue weighted by molar-refractivity contribution is 5.26. The lowest BCUT2D eigenvalue weighted by Gasteiger charge is -2.33. The van der Waals surface area contributed by atoms with Crippen molar-refractivity contribution in [3.63, 3.8) is 0 Å². The molecular weight excluding hydrogens is 358 g/mol. The summed E-state index contributed by atoms with van der Waals surface area (Å²) in [4.78, 5) is 2.18. The SMILES string of the molecule is OCCN(CC#CC[C@](O)(c1ccccc1)C1CCCC1)CCc1ccccc1. The van der Waals surface area contributed by atoms with Crippen molar-refractivity contribution in [3.8, 4) is 11.8 Å². The molecule has 2 N–H and O–H groups in total. The van der Waals surface area contributed by atoms with Gasteiger partial charge >= 0.3 is 0 Å². The van der Waals surface area contributed by atoms with Crippen molar-refractivity contribution in [2.45, 2.75) is 44.1 Å². The van der Waals surface area contributed by atoms with Gasteiger partial charge in [0.05, 0.1) is 13.2 Å². The summed E-state index contributed by atoms with van der Waals surface area (Å²) >= 11 is 0. The molecule has 154 valence electrons. The van der Waals surface area contributed by atoms with Crippen molar-refractivity contribution >= 4 is 0 Å². The van der Waals surface area contributed by atoms with Crippen LogP contribution in [0.3, 0.4) is 0 Å². The molecule has 3 rings (SSSR count). The van der Waals surface area contributed by atoms with Crippen LogP contribution in [0.1, 0.15) is 43.2 Å². The molecule has 1 aliphatic carbocycles. The number of rotatable bonds is 9. The van der Waals surface area contributed by atoms with Crippen LogP contribution in [-0.2, 0) is 12.0 Å². The predicted octanol–water partition coefficient (Wildman–Crippen LogP) is 3.99. The maximum absolute atomic E-state index is 11.5. The molecule has 0 saturated heterocycles. The molecule has 0 amide bonds. The van der Waals surface area contributed by atoms with Gasteiger partial charge < -0.3 is 10.2 Å². The standard InChI is InChI=1S/C26H33NO2/c28-22-21-27(20-17-23-11-3-1-4-12-23)19-10-9-18-26(29,25-15-7-8-16-25)24-13-5-2-6-14-24/h1-6,11-14,25,28-29H,7-8,15-22H2/t26-/m0/s1. The van der Waals surface area contributed by atoms with Gasteiger partial charge in [0, 0.05) is 19.5 Å². The summed E-state index contributed by atoms with van der Waals surface area (Å²) in [6.45, 7) is 2.23. The van der Waals surface area contributed by atoms with E-state index in [1.807, 2.05) is 36.4 Å². The van der Waals surface area contributed by atoms with Gasteiger partial charge in [-0.25, -0.2) is 0 Å². The number of benzene rings is 2. The second-order valence-electron chi connectivity index (χ2n) is 8.04. The predicted molar refractivity (Wildman–Crippen MR) is 118 cm³/mol. The van der Waals surface area contributed by atoms with E-state index in [9.17, 15) is 10.2 Å². The molecule has 29 heavy (non-hydrogen) atoms. The van der Waals surface area contributed by atoms with Gasteiger partial charge in [0.25, 0.3) is 0 Å². The van der Waals surface area contributed by atoms with Gasteiger partial charge in [-0.15, -0.1) is 0 Å². The fourth-order valence-corrected chi connectivity index (χ4v) is 4.32. The van der Waals surface area contributed by atoms with Gasteiger partial charge in [-0.1, -0.05) is 85.3 Å². The second kappa shape index (κ2) is 11.2. The third-order valence-corrected chi connectivity index (χ3v) is 6.07. The molecular formula is C26H33NO2. The lowest BCUT2D eigenvalue weighted by atomic mass is 9.78. The Hall–Kier alpha value is -2.12. The monoisotopic (exact) mass is 391 g/mol. The third kappa shape index (κ3) is 6.18. The van der Waals surface area contributed by atoms with E-state index in [0.717, 1.165) is 31.4 Å². The molecule has 2 aromatic carbocycles. The van der Waals surface area contributed by atoms with Crippen LogP contribution in [0.25, 0.3) is 0 Å². The first-order valence-electron chi connectivity index (χ1n) is 10.8. The van der Waals surface area contributed by atoms with E-state index < -0.39 is 5.60 Å². The smallest absolute Gasteiger partial charge is 0.103 e. The van der Waals surface area contributed by atoms with Crippen molar-refractivity contribution in [1.29, 1.82) is 0 Å². The molecule has 0 heterocycles. The van der Waals surface area contributed by atoms with Gasteiger partial charge in [0.1, 0.15) is 5.60 Å². The molecule has 1 atom stereocenters. The van der Waals surface area contributed by atoms with Gasteiger partial charge in [-0.05, 0) is 36.3 Å². The molecule has 0 radical (unpaired) electrons. The molecule has 0 spiro atoms. The first kappa shape index (κ1) is 21.6. The average molecular weight is 392 g/mol. The van der Waals surface area contributed by atoms with E-state index in [2.05, 4.69) is 41.0 Å². The first-order chi connectivity index (χ1) is 14.2. The van der Waals surface area contributed by atoms with Gasteiger partial charge in [0.2, 0.25) is 0 Å². The number of aliphatic hydroxyl groups is 2. The van der Waals surface area contributed by atoms with Gasteiger partial charge in [-0.3, -0.25) is 4.90 Å². The summed E-state index contributed by atoms with van der Waals surface area (Å²) in [6, 6.07) is 20.4. The summed E-state index contributed by atoms with van der Waals surface area (Å²) in [7, 11) is 0. The fraction of sp³-hybridized carbons (Fsp3) is 0.462. The molecule has 0 aliphatic heterocycles. The quantitative estimate of drug-likeness (QED) is 0.635. The molecule has 3 nitrogen and oxygen atoms in total. The normalized spacial score (nSPS) is 16.4. The van der Waals surface area contributed by atoms with Crippen molar-refractivity contribution in [1.82, 2.24) is 4.90 Å². The Labute approximate surface area is 175 Å². The maximum atomic E-state index is 11.5.